The molecule has 0 saturated carbocycles. The number of halogens is 1. The van der Waals surface area contributed by atoms with E-state index in [1.807, 2.05) is 31.2 Å². The molecule has 3 aromatic carbocycles. The summed E-state index contributed by atoms with van der Waals surface area (Å²) in [6.07, 6.45) is 3.05. The Morgan fingerprint density at radius 1 is 1.03 bits per heavy atom. The van der Waals surface area contributed by atoms with Gasteiger partial charge in [-0.05, 0) is 67.1 Å². The molecule has 0 aliphatic heterocycles. The van der Waals surface area contributed by atoms with Gasteiger partial charge in [-0.15, -0.1) is 0 Å². The van der Waals surface area contributed by atoms with Gasteiger partial charge in [-0.2, -0.15) is 5.10 Å². The minimum atomic E-state index is -3.88. The molecule has 4 aromatic rings. The number of nitrogens with one attached hydrogen (secondary N) is 2. The first-order valence-corrected chi connectivity index (χ1v) is 11.8. The third kappa shape index (κ3) is 5.39. The first-order chi connectivity index (χ1) is 15.8. The summed E-state index contributed by atoms with van der Waals surface area (Å²) in [6.45, 7) is 1.85. The lowest BCUT2D eigenvalue weighted by Gasteiger charge is -2.15. The summed E-state index contributed by atoms with van der Waals surface area (Å²) in [5.74, 6) is -0.383. The molecule has 8 nitrogen and oxygen atoms in total. The van der Waals surface area contributed by atoms with Crippen LogP contribution in [0.4, 0.5) is 5.69 Å². The SMILES string of the molecule is CC(NC(=O)c1cccc(S(=O)(=O)Nc2ccc(Cl)cc2)c1)c1ccc(-n2cncn2)cc1. The van der Waals surface area contributed by atoms with Gasteiger partial charge >= 0.3 is 0 Å². The highest BCUT2D eigenvalue weighted by Crippen LogP contribution is 2.20. The van der Waals surface area contributed by atoms with Gasteiger partial charge in [0.1, 0.15) is 12.7 Å². The minimum absolute atomic E-state index is 0.0186. The number of carbonyl (C=O) groups excluding carboxylic acids is 1. The fraction of sp³-hybridized carbons (Fsp3) is 0.0870. The van der Waals surface area contributed by atoms with Crippen molar-refractivity contribution in [3.8, 4) is 5.69 Å². The van der Waals surface area contributed by atoms with E-state index >= 15 is 0 Å². The second-order valence-electron chi connectivity index (χ2n) is 7.27. The van der Waals surface area contributed by atoms with Crippen LogP contribution in [0.5, 0.6) is 0 Å². The van der Waals surface area contributed by atoms with Crippen molar-refractivity contribution in [2.24, 2.45) is 0 Å². The van der Waals surface area contributed by atoms with E-state index in [9.17, 15) is 13.2 Å². The molecule has 10 heteroatoms. The number of amides is 1. The Morgan fingerprint density at radius 3 is 2.42 bits per heavy atom. The minimum Gasteiger partial charge on any atom is -0.346 e. The molecule has 0 saturated heterocycles. The van der Waals surface area contributed by atoms with Gasteiger partial charge in [0, 0.05) is 16.3 Å². The molecule has 0 radical (unpaired) electrons. The van der Waals surface area contributed by atoms with Gasteiger partial charge in [-0.1, -0.05) is 29.8 Å². The molecule has 1 heterocycles. The standard InChI is InChI=1S/C23H20ClN5O3S/c1-16(17-5-11-21(12-6-17)29-15-25-14-26-29)27-23(30)18-3-2-4-22(13-18)33(31,32)28-20-9-7-19(24)8-10-20/h2-16,28H,1H3,(H,27,30). The van der Waals surface area contributed by atoms with Crippen molar-refractivity contribution in [2.45, 2.75) is 17.9 Å². The van der Waals surface area contributed by atoms with Crippen molar-refractivity contribution in [1.82, 2.24) is 20.1 Å². The zero-order valence-corrected chi connectivity index (χ0v) is 19.1. The highest BCUT2D eigenvalue weighted by molar-refractivity contribution is 7.92. The molecule has 168 valence electrons. The van der Waals surface area contributed by atoms with E-state index in [0.717, 1.165) is 11.3 Å². The Hall–Kier alpha value is -3.69. The Morgan fingerprint density at radius 2 is 1.76 bits per heavy atom. The number of carbonyl (C=O) groups is 1. The van der Waals surface area contributed by atoms with E-state index in [2.05, 4.69) is 20.1 Å². The number of sulfonamides is 1. The Bertz CT molecular complexity index is 1360. The van der Waals surface area contributed by atoms with E-state index in [1.165, 1.54) is 24.5 Å². The van der Waals surface area contributed by atoms with Crippen LogP contribution in [0.1, 0.15) is 28.9 Å². The molecule has 1 atom stereocenters. The number of hydrogen-bond acceptors (Lipinski definition) is 5. The van der Waals surface area contributed by atoms with E-state index in [1.54, 1.807) is 41.3 Å². The summed E-state index contributed by atoms with van der Waals surface area (Å²) < 4.78 is 29.6. The van der Waals surface area contributed by atoms with E-state index in [0.29, 0.717) is 10.7 Å². The third-order valence-electron chi connectivity index (χ3n) is 4.93. The first kappa shape index (κ1) is 22.5. The van der Waals surface area contributed by atoms with Crippen LogP contribution in [-0.2, 0) is 10.0 Å². The molecule has 0 aliphatic carbocycles. The van der Waals surface area contributed by atoms with Crippen LogP contribution >= 0.6 is 11.6 Å². The van der Waals surface area contributed by atoms with Gasteiger partial charge in [-0.3, -0.25) is 9.52 Å². The first-order valence-electron chi connectivity index (χ1n) is 9.96. The zero-order valence-electron chi connectivity index (χ0n) is 17.5. The molecule has 4 rings (SSSR count). The average Bonchev–Trinajstić information content (AvgIpc) is 3.36. The summed E-state index contributed by atoms with van der Waals surface area (Å²) in [7, 11) is -3.88. The fourth-order valence-electron chi connectivity index (χ4n) is 3.16. The molecular formula is C23H20ClN5O3S. The van der Waals surface area contributed by atoms with Gasteiger partial charge in [0.2, 0.25) is 0 Å². The summed E-state index contributed by atoms with van der Waals surface area (Å²) in [5.41, 5.74) is 2.35. The van der Waals surface area contributed by atoms with Crippen molar-refractivity contribution in [3.63, 3.8) is 0 Å². The number of anilines is 1. The second kappa shape index (κ2) is 9.43. The van der Waals surface area contributed by atoms with Gasteiger partial charge in [0.05, 0.1) is 16.6 Å². The quantitative estimate of drug-likeness (QED) is 0.411. The van der Waals surface area contributed by atoms with Crippen LogP contribution in [0.3, 0.4) is 0 Å². The lowest BCUT2D eigenvalue weighted by Crippen LogP contribution is -2.27. The van der Waals surface area contributed by atoms with E-state index in [-0.39, 0.29) is 22.4 Å². The molecule has 1 amide bonds. The Labute approximate surface area is 196 Å². The summed E-state index contributed by atoms with van der Waals surface area (Å²) in [6, 6.07) is 19.4. The van der Waals surface area contributed by atoms with Crippen molar-refractivity contribution in [1.29, 1.82) is 0 Å². The van der Waals surface area contributed by atoms with Crippen LogP contribution < -0.4 is 10.0 Å². The third-order valence-corrected chi connectivity index (χ3v) is 6.56. The summed E-state index contributed by atoms with van der Waals surface area (Å²) >= 11 is 5.84. The number of nitrogens with zero attached hydrogens (tertiary/aromatic N) is 3. The van der Waals surface area contributed by atoms with Crippen LogP contribution in [0, 0.1) is 0 Å². The number of rotatable bonds is 7. The molecule has 0 spiro atoms. The van der Waals surface area contributed by atoms with Crippen molar-refractivity contribution in [2.75, 3.05) is 4.72 Å². The lowest BCUT2D eigenvalue weighted by atomic mass is 10.1. The van der Waals surface area contributed by atoms with Crippen molar-refractivity contribution < 1.29 is 13.2 Å². The normalized spacial score (nSPS) is 12.2. The molecule has 0 bridgehead atoms. The van der Waals surface area contributed by atoms with Crippen LogP contribution in [-0.4, -0.2) is 29.1 Å². The average molecular weight is 482 g/mol. The molecular weight excluding hydrogens is 462 g/mol. The maximum absolute atomic E-state index is 12.8. The monoisotopic (exact) mass is 481 g/mol. The Kier molecular flexibility index (Phi) is 6.43. The van der Waals surface area contributed by atoms with Crippen LogP contribution in [0.2, 0.25) is 5.02 Å². The van der Waals surface area contributed by atoms with E-state index in [4.69, 9.17) is 11.6 Å². The van der Waals surface area contributed by atoms with E-state index < -0.39 is 10.0 Å². The van der Waals surface area contributed by atoms with Gasteiger partial charge in [-0.25, -0.2) is 18.1 Å². The maximum Gasteiger partial charge on any atom is 0.261 e. The lowest BCUT2D eigenvalue weighted by molar-refractivity contribution is 0.0939. The highest BCUT2D eigenvalue weighted by atomic mass is 35.5. The smallest absolute Gasteiger partial charge is 0.261 e. The number of benzene rings is 3. The van der Waals surface area contributed by atoms with Crippen molar-refractivity contribution >= 4 is 33.2 Å². The molecule has 1 unspecified atom stereocenters. The van der Waals surface area contributed by atoms with Gasteiger partial charge < -0.3 is 5.32 Å². The Balaban J connectivity index is 1.46. The van der Waals surface area contributed by atoms with Crippen LogP contribution in [0.25, 0.3) is 5.69 Å². The molecule has 0 aliphatic rings. The van der Waals surface area contributed by atoms with Gasteiger partial charge in [0.25, 0.3) is 15.9 Å². The molecule has 0 fully saturated rings. The predicted molar refractivity (Wildman–Crippen MR) is 126 cm³/mol. The highest BCUT2D eigenvalue weighted by Gasteiger charge is 2.18. The summed E-state index contributed by atoms with van der Waals surface area (Å²) in [5, 5.41) is 7.48. The largest absolute Gasteiger partial charge is 0.346 e. The predicted octanol–water partition coefficient (Wildman–Crippen LogP) is 4.21. The van der Waals surface area contributed by atoms with Gasteiger partial charge in [0.15, 0.2) is 0 Å². The van der Waals surface area contributed by atoms with Crippen LogP contribution in [0.15, 0.2) is 90.3 Å². The topological polar surface area (TPSA) is 106 Å². The molecule has 2 N–H and O–H groups in total. The zero-order chi connectivity index (χ0) is 23.4. The number of hydrogen-bond donors (Lipinski definition) is 2. The number of aromatic nitrogens is 3. The van der Waals surface area contributed by atoms with Crippen molar-refractivity contribution in [3.05, 3.63) is 102 Å². The molecule has 33 heavy (non-hydrogen) atoms. The summed E-state index contributed by atoms with van der Waals surface area (Å²) in [4.78, 5) is 16.7. The fourth-order valence-corrected chi connectivity index (χ4v) is 4.39. The molecule has 1 aromatic heterocycles. The second-order valence-corrected chi connectivity index (χ2v) is 9.39. The maximum atomic E-state index is 12.8.